The van der Waals surface area contributed by atoms with E-state index in [2.05, 4.69) is 23.7 Å². The SMILES string of the molecule is Cc1c(NC(=O)c2cn(CC(C)C)c3ccccc23)cccc1C(=O)N1CCOCC1. The molecule has 1 aliphatic heterocycles. The Morgan fingerprint density at radius 1 is 1.03 bits per heavy atom. The Morgan fingerprint density at radius 2 is 1.77 bits per heavy atom. The molecule has 1 saturated heterocycles. The predicted octanol–water partition coefficient (Wildman–Crippen LogP) is 4.33. The molecule has 0 radical (unpaired) electrons. The maximum Gasteiger partial charge on any atom is 0.257 e. The van der Waals surface area contributed by atoms with Gasteiger partial charge in [0.25, 0.3) is 11.8 Å². The Morgan fingerprint density at radius 3 is 2.52 bits per heavy atom. The molecule has 1 aliphatic rings. The highest BCUT2D eigenvalue weighted by Gasteiger charge is 2.22. The number of nitrogens with zero attached hydrogens (tertiary/aromatic N) is 2. The fraction of sp³-hybridized carbons (Fsp3) is 0.360. The average Bonchev–Trinajstić information content (AvgIpc) is 3.13. The van der Waals surface area contributed by atoms with Crippen molar-refractivity contribution in [1.82, 2.24) is 9.47 Å². The molecule has 162 valence electrons. The van der Waals surface area contributed by atoms with Gasteiger partial charge in [-0.15, -0.1) is 0 Å². The first kappa shape index (κ1) is 21.1. The molecule has 1 aromatic heterocycles. The Labute approximate surface area is 182 Å². The molecule has 31 heavy (non-hydrogen) atoms. The molecule has 2 amide bonds. The molecule has 3 aromatic rings. The van der Waals surface area contributed by atoms with E-state index in [4.69, 9.17) is 4.74 Å². The summed E-state index contributed by atoms with van der Waals surface area (Å²) < 4.78 is 7.49. The topological polar surface area (TPSA) is 63.6 Å². The molecular formula is C25H29N3O3. The first-order chi connectivity index (χ1) is 15.0. The van der Waals surface area contributed by atoms with Crippen molar-refractivity contribution in [3.8, 4) is 0 Å². The number of nitrogens with one attached hydrogen (secondary N) is 1. The van der Waals surface area contributed by atoms with Gasteiger partial charge in [-0.2, -0.15) is 0 Å². The van der Waals surface area contributed by atoms with Gasteiger partial charge in [0.2, 0.25) is 0 Å². The second kappa shape index (κ2) is 8.94. The predicted molar refractivity (Wildman–Crippen MR) is 123 cm³/mol. The van der Waals surface area contributed by atoms with Gasteiger partial charge < -0.3 is 19.5 Å². The molecule has 2 heterocycles. The van der Waals surface area contributed by atoms with Gasteiger partial charge >= 0.3 is 0 Å². The first-order valence-electron chi connectivity index (χ1n) is 10.8. The summed E-state index contributed by atoms with van der Waals surface area (Å²) in [5, 5.41) is 3.97. The molecule has 6 nitrogen and oxygen atoms in total. The van der Waals surface area contributed by atoms with Gasteiger partial charge in [-0.1, -0.05) is 38.1 Å². The number of para-hydroxylation sites is 1. The molecule has 0 spiro atoms. The van der Waals surface area contributed by atoms with Crippen molar-refractivity contribution in [1.29, 1.82) is 0 Å². The van der Waals surface area contributed by atoms with Crippen molar-refractivity contribution in [3.05, 3.63) is 65.4 Å². The lowest BCUT2D eigenvalue weighted by atomic mass is 10.0. The summed E-state index contributed by atoms with van der Waals surface area (Å²) in [6.07, 6.45) is 1.93. The maximum atomic E-state index is 13.2. The third-order valence-corrected chi connectivity index (χ3v) is 5.71. The smallest absolute Gasteiger partial charge is 0.257 e. The average molecular weight is 420 g/mol. The molecule has 0 bridgehead atoms. The molecule has 2 aromatic carbocycles. The van der Waals surface area contributed by atoms with Crippen LogP contribution in [0.5, 0.6) is 0 Å². The number of anilines is 1. The summed E-state index contributed by atoms with van der Waals surface area (Å²) in [5.41, 5.74) is 3.74. The van der Waals surface area contributed by atoms with E-state index in [0.29, 0.717) is 49.0 Å². The number of amides is 2. The molecule has 0 atom stereocenters. The molecule has 4 rings (SSSR count). The second-order valence-electron chi connectivity index (χ2n) is 8.44. The zero-order valence-corrected chi connectivity index (χ0v) is 18.4. The number of morpholine rings is 1. The summed E-state index contributed by atoms with van der Waals surface area (Å²) in [4.78, 5) is 28.0. The molecule has 6 heteroatoms. The zero-order valence-electron chi connectivity index (χ0n) is 18.4. The highest BCUT2D eigenvalue weighted by Crippen LogP contribution is 2.26. The summed E-state index contributed by atoms with van der Waals surface area (Å²) in [7, 11) is 0. The third-order valence-electron chi connectivity index (χ3n) is 5.71. The normalized spacial score (nSPS) is 14.3. The molecule has 1 fully saturated rings. The summed E-state index contributed by atoms with van der Waals surface area (Å²) in [5.74, 6) is 0.278. The molecule has 0 aliphatic carbocycles. The number of ether oxygens (including phenoxy) is 1. The van der Waals surface area contributed by atoms with Crippen LogP contribution in [-0.4, -0.2) is 47.6 Å². The van der Waals surface area contributed by atoms with Gasteiger partial charge in [0, 0.05) is 48.0 Å². The number of hydrogen-bond donors (Lipinski definition) is 1. The van der Waals surface area contributed by atoms with Crippen LogP contribution in [0.15, 0.2) is 48.7 Å². The van der Waals surface area contributed by atoms with E-state index in [-0.39, 0.29) is 11.8 Å². The Kier molecular flexibility index (Phi) is 6.09. The maximum absolute atomic E-state index is 13.2. The lowest BCUT2D eigenvalue weighted by Crippen LogP contribution is -2.41. The molecule has 0 unspecified atom stereocenters. The van der Waals surface area contributed by atoms with Crippen LogP contribution in [0.25, 0.3) is 10.9 Å². The highest BCUT2D eigenvalue weighted by atomic mass is 16.5. The Bertz CT molecular complexity index is 1110. The van der Waals surface area contributed by atoms with Crippen LogP contribution in [0.3, 0.4) is 0 Å². The number of benzene rings is 2. The van der Waals surface area contributed by atoms with E-state index in [9.17, 15) is 9.59 Å². The van der Waals surface area contributed by atoms with Crippen LogP contribution in [0, 0.1) is 12.8 Å². The minimum Gasteiger partial charge on any atom is -0.378 e. The monoisotopic (exact) mass is 419 g/mol. The van der Waals surface area contributed by atoms with Crippen LogP contribution < -0.4 is 5.32 Å². The van der Waals surface area contributed by atoms with Crippen LogP contribution in [0.4, 0.5) is 5.69 Å². The Hall–Kier alpha value is -3.12. The lowest BCUT2D eigenvalue weighted by Gasteiger charge is -2.27. The minimum atomic E-state index is -0.169. The van der Waals surface area contributed by atoms with E-state index >= 15 is 0 Å². The number of hydrogen-bond acceptors (Lipinski definition) is 3. The lowest BCUT2D eigenvalue weighted by molar-refractivity contribution is 0.0302. The molecule has 0 saturated carbocycles. The van der Waals surface area contributed by atoms with Crippen LogP contribution >= 0.6 is 0 Å². The summed E-state index contributed by atoms with van der Waals surface area (Å²) >= 11 is 0. The van der Waals surface area contributed by atoms with Crippen molar-refractivity contribution < 1.29 is 14.3 Å². The van der Waals surface area contributed by atoms with Crippen molar-refractivity contribution in [2.24, 2.45) is 5.92 Å². The Balaban J connectivity index is 1.61. The summed E-state index contributed by atoms with van der Waals surface area (Å²) in [6.45, 7) is 9.34. The van der Waals surface area contributed by atoms with Crippen molar-refractivity contribution in [2.45, 2.75) is 27.3 Å². The van der Waals surface area contributed by atoms with Gasteiger partial charge in [-0.05, 0) is 36.6 Å². The van der Waals surface area contributed by atoms with Crippen LogP contribution in [0.2, 0.25) is 0 Å². The standard InChI is InChI=1S/C25H29N3O3/c1-17(2)15-28-16-21(20-7-4-5-10-23(20)28)24(29)26-22-9-6-8-19(18(22)3)25(30)27-11-13-31-14-12-27/h4-10,16-17H,11-15H2,1-3H3,(H,26,29). The van der Waals surface area contributed by atoms with E-state index in [1.807, 2.05) is 55.6 Å². The number of carbonyl (C=O) groups excluding carboxylic acids is 2. The molecular weight excluding hydrogens is 390 g/mol. The number of carbonyl (C=O) groups is 2. The van der Waals surface area contributed by atoms with E-state index in [0.717, 1.165) is 23.0 Å². The molecule has 1 N–H and O–H groups in total. The van der Waals surface area contributed by atoms with Gasteiger partial charge in [0.15, 0.2) is 0 Å². The van der Waals surface area contributed by atoms with E-state index < -0.39 is 0 Å². The van der Waals surface area contributed by atoms with Gasteiger partial charge in [0.1, 0.15) is 0 Å². The van der Waals surface area contributed by atoms with Crippen molar-refractivity contribution in [3.63, 3.8) is 0 Å². The quantitative estimate of drug-likeness (QED) is 0.670. The van der Waals surface area contributed by atoms with E-state index in [1.54, 1.807) is 4.90 Å². The summed E-state index contributed by atoms with van der Waals surface area (Å²) in [6, 6.07) is 13.4. The fourth-order valence-corrected chi connectivity index (χ4v) is 4.10. The van der Waals surface area contributed by atoms with Crippen LogP contribution in [-0.2, 0) is 11.3 Å². The number of rotatable bonds is 5. The second-order valence-corrected chi connectivity index (χ2v) is 8.44. The number of fused-ring (bicyclic) bond motifs is 1. The zero-order chi connectivity index (χ0) is 22.0. The largest absolute Gasteiger partial charge is 0.378 e. The minimum absolute atomic E-state index is 0.0227. The van der Waals surface area contributed by atoms with E-state index in [1.165, 1.54) is 0 Å². The van der Waals surface area contributed by atoms with Crippen molar-refractivity contribution >= 4 is 28.4 Å². The van der Waals surface area contributed by atoms with Gasteiger partial charge in [-0.3, -0.25) is 9.59 Å². The van der Waals surface area contributed by atoms with Gasteiger partial charge in [0.05, 0.1) is 18.8 Å². The van der Waals surface area contributed by atoms with Crippen LogP contribution in [0.1, 0.15) is 40.1 Å². The highest BCUT2D eigenvalue weighted by molar-refractivity contribution is 6.13. The van der Waals surface area contributed by atoms with Crippen molar-refractivity contribution in [2.75, 3.05) is 31.6 Å². The number of aromatic nitrogens is 1. The third kappa shape index (κ3) is 4.35. The first-order valence-corrected chi connectivity index (χ1v) is 10.8. The van der Waals surface area contributed by atoms with Gasteiger partial charge in [-0.25, -0.2) is 0 Å². The fourth-order valence-electron chi connectivity index (χ4n) is 4.10.